The maximum absolute atomic E-state index is 12.1. The SMILES string of the molecule is CCSc1nnc(NC(=O)CC2NC(=O)c3ccccc32)s1. The van der Waals surface area contributed by atoms with E-state index in [1.807, 2.05) is 25.1 Å². The molecule has 0 spiro atoms. The minimum Gasteiger partial charge on any atom is -0.345 e. The number of thioether (sulfide) groups is 1. The molecule has 1 aromatic carbocycles. The van der Waals surface area contributed by atoms with Gasteiger partial charge in [0, 0.05) is 5.56 Å². The molecule has 3 rings (SSSR count). The third-order valence-corrected chi connectivity index (χ3v) is 5.05. The van der Waals surface area contributed by atoms with E-state index < -0.39 is 0 Å². The fourth-order valence-electron chi connectivity index (χ4n) is 2.28. The molecule has 114 valence electrons. The van der Waals surface area contributed by atoms with Crippen molar-refractivity contribution in [1.82, 2.24) is 15.5 Å². The number of hydrogen-bond donors (Lipinski definition) is 2. The van der Waals surface area contributed by atoms with Crippen LogP contribution in [0.5, 0.6) is 0 Å². The molecule has 1 atom stereocenters. The number of anilines is 1. The van der Waals surface area contributed by atoms with Gasteiger partial charge in [-0.05, 0) is 17.4 Å². The molecule has 6 nitrogen and oxygen atoms in total. The van der Waals surface area contributed by atoms with Crippen molar-refractivity contribution in [2.24, 2.45) is 0 Å². The standard InChI is InChI=1S/C14H14N4O2S2/c1-2-21-14-18-17-13(22-14)16-11(19)7-10-8-5-3-4-6-9(8)12(20)15-10/h3-6,10H,2,7H2,1H3,(H,15,20)(H,16,17,19). The third kappa shape index (κ3) is 3.12. The Labute approximate surface area is 135 Å². The number of hydrogen-bond acceptors (Lipinski definition) is 6. The van der Waals surface area contributed by atoms with Crippen LogP contribution in [0.1, 0.15) is 35.3 Å². The number of aromatic nitrogens is 2. The van der Waals surface area contributed by atoms with Crippen LogP contribution in [0.25, 0.3) is 0 Å². The van der Waals surface area contributed by atoms with Crippen LogP contribution in [0, 0.1) is 0 Å². The fraction of sp³-hybridized carbons (Fsp3) is 0.286. The lowest BCUT2D eigenvalue weighted by Gasteiger charge is -2.10. The summed E-state index contributed by atoms with van der Waals surface area (Å²) in [5, 5.41) is 14.0. The van der Waals surface area contributed by atoms with E-state index in [1.54, 1.807) is 17.8 Å². The van der Waals surface area contributed by atoms with Gasteiger partial charge in [0.15, 0.2) is 4.34 Å². The van der Waals surface area contributed by atoms with Gasteiger partial charge in [-0.15, -0.1) is 10.2 Å². The van der Waals surface area contributed by atoms with E-state index in [9.17, 15) is 9.59 Å². The number of carbonyl (C=O) groups is 2. The van der Waals surface area contributed by atoms with E-state index in [0.717, 1.165) is 15.7 Å². The Morgan fingerprint density at radius 2 is 2.23 bits per heavy atom. The van der Waals surface area contributed by atoms with E-state index >= 15 is 0 Å². The van der Waals surface area contributed by atoms with Crippen molar-refractivity contribution in [2.75, 3.05) is 11.1 Å². The maximum Gasteiger partial charge on any atom is 0.252 e. The zero-order valence-electron chi connectivity index (χ0n) is 11.8. The second-order valence-corrected chi connectivity index (χ2v) is 7.16. The molecule has 1 aliphatic heterocycles. The Hall–Kier alpha value is -1.93. The Morgan fingerprint density at radius 1 is 1.41 bits per heavy atom. The summed E-state index contributed by atoms with van der Waals surface area (Å²) in [6, 6.07) is 7.02. The van der Waals surface area contributed by atoms with Crippen LogP contribution < -0.4 is 10.6 Å². The van der Waals surface area contributed by atoms with Crippen molar-refractivity contribution in [3.8, 4) is 0 Å². The Kier molecular flexibility index (Phi) is 4.39. The van der Waals surface area contributed by atoms with Gasteiger partial charge >= 0.3 is 0 Å². The van der Waals surface area contributed by atoms with Crippen LogP contribution in [-0.4, -0.2) is 27.8 Å². The lowest BCUT2D eigenvalue weighted by molar-refractivity contribution is -0.116. The molecule has 1 aliphatic rings. The smallest absolute Gasteiger partial charge is 0.252 e. The molecule has 1 unspecified atom stereocenters. The lowest BCUT2D eigenvalue weighted by atomic mass is 10.0. The monoisotopic (exact) mass is 334 g/mol. The van der Waals surface area contributed by atoms with Gasteiger partial charge in [-0.2, -0.15) is 0 Å². The van der Waals surface area contributed by atoms with Gasteiger partial charge in [-0.1, -0.05) is 48.2 Å². The summed E-state index contributed by atoms with van der Waals surface area (Å²) in [4.78, 5) is 23.9. The first-order valence-corrected chi connectivity index (χ1v) is 8.63. The molecular weight excluding hydrogens is 320 g/mol. The summed E-state index contributed by atoms with van der Waals surface area (Å²) >= 11 is 2.94. The second-order valence-electron chi connectivity index (χ2n) is 4.67. The highest BCUT2D eigenvalue weighted by molar-refractivity contribution is 8.01. The highest BCUT2D eigenvalue weighted by Gasteiger charge is 2.29. The molecule has 0 bridgehead atoms. The van der Waals surface area contributed by atoms with Crippen LogP contribution in [0.3, 0.4) is 0 Å². The van der Waals surface area contributed by atoms with Crippen molar-refractivity contribution >= 4 is 40.0 Å². The normalized spacial score (nSPS) is 16.2. The van der Waals surface area contributed by atoms with Gasteiger partial charge in [-0.25, -0.2) is 0 Å². The van der Waals surface area contributed by atoms with Gasteiger partial charge < -0.3 is 10.6 Å². The van der Waals surface area contributed by atoms with Crippen molar-refractivity contribution in [1.29, 1.82) is 0 Å². The molecule has 2 heterocycles. The fourth-order valence-corrected chi connectivity index (χ4v) is 3.95. The van der Waals surface area contributed by atoms with E-state index in [0.29, 0.717) is 10.7 Å². The zero-order valence-corrected chi connectivity index (χ0v) is 13.5. The van der Waals surface area contributed by atoms with Crippen molar-refractivity contribution in [2.45, 2.75) is 23.7 Å². The summed E-state index contributed by atoms with van der Waals surface area (Å²) in [6.07, 6.45) is 0.179. The van der Waals surface area contributed by atoms with E-state index in [4.69, 9.17) is 0 Å². The number of carbonyl (C=O) groups excluding carboxylic acids is 2. The Morgan fingerprint density at radius 3 is 3.05 bits per heavy atom. The van der Waals surface area contributed by atoms with Gasteiger partial charge in [-0.3, -0.25) is 9.59 Å². The highest BCUT2D eigenvalue weighted by Crippen LogP contribution is 2.29. The average Bonchev–Trinajstić information content (AvgIpc) is 3.06. The summed E-state index contributed by atoms with van der Waals surface area (Å²) in [7, 11) is 0. The molecule has 8 heteroatoms. The van der Waals surface area contributed by atoms with Crippen LogP contribution in [0.15, 0.2) is 28.6 Å². The van der Waals surface area contributed by atoms with Crippen molar-refractivity contribution in [3.05, 3.63) is 35.4 Å². The number of nitrogens with zero attached hydrogens (tertiary/aromatic N) is 2. The Balaban J connectivity index is 1.64. The highest BCUT2D eigenvalue weighted by atomic mass is 32.2. The van der Waals surface area contributed by atoms with Gasteiger partial charge in [0.2, 0.25) is 11.0 Å². The van der Waals surface area contributed by atoms with E-state index in [2.05, 4.69) is 20.8 Å². The number of nitrogens with one attached hydrogen (secondary N) is 2. The van der Waals surface area contributed by atoms with Crippen LogP contribution in [0.4, 0.5) is 5.13 Å². The van der Waals surface area contributed by atoms with Gasteiger partial charge in [0.25, 0.3) is 5.91 Å². The molecule has 0 aliphatic carbocycles. The summed E-state index contributed by atoms with van der Waals surface area (Å²) in [5.74, 6) is 0.588. The first-order chi connectivity index (χ1) is 10.7. The largest absolute Gasteiger partial charge is 0.345 e. The minimum atomic E-state index is -0.291. The Bertz CT molecular complexity index is 716. The first-order valence-electron chi connectivity index (χ1n) is 6.83. The molecule has 2 aromatic rings. The first kappa shape index (κ1) is 15.0. The third-order valence-electron chi connectivity index (χ3n) is 3.20. The molecule has 22 heavy (non-hydrogen) atoms. The topological polar surface area (TPSA) is 84.0 Å². The summed E-state index contributed by atoms with van der Waals surface area (Å²) in [6.45, 7) is 2.03. The maximum atomic E-state index is 12.1. The van der Waals surface area contributed by atoms with Crippen molar-refractivity contribution in [3.63, 3.8) is 0 Å². The van der Waals surface area contributed by atoms with Crippen LogP contribution >= 0.6 is 23.1 Å². The zero-order chi connectivity index (χ0) is 15.5. The summed E-state index contributed by atoms with van der Waals surface area (Å²) < 4.78 is 0.831. The predicted octanol–water partition coefficient (Wildman–Crippen LogP) is 2.46. The average molecular weight is 334 g/mol. The number of amides is 2. The summed E-state index contributed by atoms with van der Waals surface area (Å²) in [5.41, 5.74) is 1.50. The molecule has 2 N–H and O–H groups in total. The number of fused-ring (bicyclic) bond motifs is 1. The second kappa shape index (κ2) is 6.45. The predicted molar refractivity (Wildman–Crippen MR) is 86.2 cm³/mol. The number of rotatable bonds is 5. The van der Waals surface area contributed by atoms with E-state index in [1.165, 1.54) is 11.3 Å². The van der Waals surface area contributed by atoms with Crippen molar-refractivity contribution < 1.29 is 9.59 Å². The molecule has 0 fully saturated rings. The van der Waals surface area contributed by atoms with Crippen LogP contribution in [-0.2, 0) is 4.79 Å². The molecule has 0 saturated heterocycles. The molecule has 0 radical (unpaired) electrons. The quantitative estimate of drug-likeness (QED) is 0.648. The molecule has 0 saturated carbocycles. The molecule has 2 amide bonds. The minimum absolute atomic E-state index is 0.133. The lowest BCUT2D eigenvalue weighted by Crippen LogP contribution is -2.24. The van der Waals surface area contributed by atoms with Crippen LogP contribution in [0.2, 0.25) is 0 Å². The van der Waals surface area contributed by atoms with Gasteiger partial charge in [0.1, 0.15) is 0 Å². The molecule has 1 aromatic heterocycles. The molecular formula is C14H14N4O2S2. The van der Waals surface area contributed by atoms with Gasteiger partial charge in [0.05, 0.1) is 12.5 Å². The van der Waals surface area contributed by atoms with E-state index in [-0.39, 0.29) is 24.3 Å². The number of benzene rings is 1.